The van der Waals surface area contributed by atoms with Crippen molar-refractivity contribution in [1.82, 2.24) is 9.80 Å². The van der Waals surface area contributed by atoms with E-state index in [2.05, 4.69) is 0 Å². The number of hydrogen-bond donors (Lipinski definition) is 0. The van der Waals surface area contributed by atoms with Gasteiger partial charge in [0.25, 0.3) is 0 Å². The molecule has 1 aromatic carbocycles. The van der Waals surface area contributed by atoms with Gasteiger partial charge in [-0.3, -0.25) is 9.59 Å². The van der Waals surface area contributed by atoms with Crippen molar-refractivity contribution in [3.8, 4) is 5.75 Å². The van der Waals surface area contributed by atoms with Crippen LogP contribution in [-0.4, -0.2) is 55.4 Å². The minimum atomic E-state index is -0.0616. The van der Waals surface area contributed by atoms with Gasteiger partial charge < -0.3 is 14.5 Å². The van der Waals surface area contributed by atoms with Gasteiger partial charge >= 0.3 is 0 Å². The molecule has 0 aromatic heterocycles. The van der Waals surface area contributed by atoms with Crippen LogP contribution in [0.15, 0.2) is 24.3 Å². The van der Waals surface area contributed by atoms with Gasteiger partial charge in [-0.15, -0.1) is 0 Å². The van der Waals surface area contributed by atoms with E-state index in [0.29, 0.717) is 32.5 Å². The van der Waals surface area contributed by atoms with Crippen LogP contribution >= 0.6 is 0 Å². The molecule has 1 saturated heterocycles. The summed E-state index contributed by atoms with van der Waals surface area (Å²) in [7, 11) is 3.46. The van der Waals surface area contributed by atoms with Crippen LogP contribution in [-0.2, 0) is 16.0 Å². The number of rotatable bonds is 6. The number of benzene rings is 1. The average Bonchev–Trinajstić information content (AvgIpc) is 2.60. The van der Waals surface area contributed by atoms with Gasteiger partial charge in [0.1, 0.15) is 5.75 Å². The van der Waals surface area contributed by atoms with Crippen LogP contribution in [0.1, 0.15) is 25.3 Å². The molecule has 2 rings (SSSR count). The van der Waals surface area contributed by atoms with Crippen molar-refractivity contribution in [2.45, 2.75) is 26.2 Å². The summed E-state index contributed by atoms with van der Waals surface area (Å²) >= 11 is 0. The van der Waals surface area contributed by atoms with Gasteiger partial charge in [0.15, 0.2) is 0 Å². The summed E-state index contributed by atoms with van der Waals surface area (Å²) < 4.78 is 5.15. The molecule has 23 heavy (non-hydrogen) atoms. The molecule has 1 unspecified atom stereocenters. The van der Waals surface area contributed by atoms with Crippen LogP contribution in [0.5, 0.6) is 5.75 Å². The van der Waals surface area contributed by atoms with E-state index in [4.69, 9.17) is 4.74 Å². The average molecular weight is 318 g/mol. The molecule has 126 valence electrons. The molecular formula is C18H26N2O3. The van der Waals surface area contributed by atoms with Crippen molar-refractivity contribution >= 4 is 11.8 Å². The summed E-state index contributed by atoms with van der Waals surface area (Å²) in [6.07, 6.45) is 1.93. The van der Waals surface area contributed by atoms with Crippen molar-refractivity contribution in [2.75, 3.05) is 33.8 Å². The first-order valence-electron chi connectivity index (χ1n) is 8.20. The SMILES string of the molecule is CCN(C)C(=O)C1CCC(=O)N(CCc2ccc(OC)cc2)C1. The third kappa shape index (κ3) is 4.47. The van der Waals surface area contributed by atoms with Crippen LogP contribution in [0, 0.1) is 5.92 Å². The summed E-state index contributed by atoms with van der Waals surface area (Å²) in [5, 5.41) is 0. The Hall–Kier alpha value is -2.04. The van der Waals surface area contributed by atoms with Gasteiger partial charge in [0, 0.05) is 33.1 Å². The minimum absolute atomic E-state index is 0.0616. The number of hydrogen-bond acceptors (Lipinski definition) is 3. The van der Waals surface area contributed by atoms with Crippen molar-refractivity contribution in [2.24, 2.45) is 5.92 Å². The van der Waals surface area contributed by atoms with Crippen LogP contribution in [0.3, 0.4) is 0 Å². The molecule has 5 heteroatoms. The van der Waals surface area contributed by atoms with E-state index < -0.39 is 0 Å². The van der Waals surface area contributed by atoms with Gasteiger partial charge in [-0.1, -0.05) is 12.1 Å². The lowest BCUT2D eigenvalue weighted by Crippen LogP contribution is -2.46. The summed E-state index contributed by atoms with van der Waals surface area (Å²) in [5.74, 6) is 1.07. The summed E-state index contributed by atoms with van der Waals surface area (Å²) in [6, 6.07) is 7.88. The minimum Gasteiger partial charge on any atom is -0.497 e. The first-order chi connectivity index (χ1) is 11.0. The maximum atomic E-state index is 12.3. The molecular weight excluding hydrogens is 292 g/mol. The predicted octanol–water partition coefficient (Wildman–Crippen LogP) is 1.95. The molecule has 1 aliphatic heterocycles. The number of methoxy groups -OCH3 is 1. The summed E-state index contributed by atoms with van der Waals surface area (Å²) in [5.41, 5.74) is 1.16. The fourth-order valence-corrected chi connectivity index (χ4v) is 2.86. The molecule has 1 fully saturated rings. The van der Waals surface area contributed by atoms with E-state index in [-0.39, 0.29) is 17.7 Å². The molecule has 0 aliphatic carbocycles. The molecule has 1 heterocycles. The zero-order chi connectivity index (χ0) is 16.8. The topological polar surface area (TPSA) is 49.9 Å². The third-order valence-electron chi connectivity index (χ3n) is 4.53. The zero-order valence-corrected chi connectivity index (χ0v) is 14.2. The van der Waals surface area contributed by atoms with Crippen molar-refractivity contribution in [1.29, 1.82) is 0 Å². The molecule has 0 saturated carbocycles. The number of nitrogens with zero attached hydrogens (tertiary/aromatic N) is 2. The maximum Gasteiger partial charge on any atom is 0.227 e. The van der Waals surface area contributed by atoms with Crippen molar-refractivity contribution in [3.05, 3.63) is 29.8 Å². The Labute approximate surface area is 138 Å². The Bertz CT molecular complexity index is 542. The van der Waals surface area contributed by atoms with Gasteiger partial charge in [-0.25, -0.2) is 0 Å². The molecule has 1 aromatic rings. The molecule has 1 atom stereocenters. The Morgan fingerprint density at radius 1 is 1.35 bits per heavy atom. The quantitative estimate of drug-likeness (QED) is 0.805. The van der Waals surface area contributed by atoms with Crippen molar-refractivity contribution < 1.29 is 14.3 Å². The lowest BCUT2D eigenvalue weighted by atomic mass is 9.95. The number of likely N-dealkylation sites (tertiary alicyclic amines) is 1. The number of amides is 2. The van der Waals surface area contributed by atoms with E-state index >= 15 is 0 Å². The molecule has 0 N–H and O–H groups in total. The van der Waals surface area contributed by atoms with E-state index in [9.17, 15) is 9.59 Å². The van der Waals surface area contributed by atoms with Crippen LogP contribution in [0.4, 0.5) is 0 Å². The Kier molecular flexibility index (Phi) is 6.02. The monoisotopic (exact) mass is 318 g/mol. The zero-order valence-electron chi connectivity index (χ0n) is 14.2. The molecule has 0 spiro atoms. The van der Waals surface area contributed by atoms with Gasteiger partial charge in [0.05, 0.1) is 13.0 Å². The van der Waals surface area contributed by atoms with E-state index in [0.717, 1.165) is 17.7 Å². The number of carbonyl (C=O) groups is 2. The number of carbonyl (C=O) groups excluding carboxylic acids is 2. The van der Waals surface area contributed by atoms with Gasteiger partial charge in [-0.05, 0) is 37.5 Å². The number of piperidine rings is 1. The summed E-state index contributed by atoms with van der Waals surface area (Å²) in [6.45, 7) is 3.87. The second-order valence-corrected chi connectivity index (χ2v) is 6.03. The Morgan fingerprint density at radius 3 is 2.65 bits per heavy atom. The second-order valence-electron chi connectivity index (χ2n) is 6.03. The maximum absolute atomic E-state index is 12.3. The summed E-state index contributed by atoms with van der Waals surface area (Å²) in [4.78, 5) is 28.0. The molecule has 5 nitrogen and oxygen atoms in total. The van der Waals surface area contributed by atoms with Gasteiger partial charge in [-0.2, -0.15) is 0 Å². The highest BCUT2D eigenvalue weighted by Crippen LogP contribution is 2.20. The van der Waals surface area contributed by atoms with Crippen LogP contribution in [0.25, 0.3) is 0 Å². The highest BCUT2D eigenvalue weighted by Gasteiger charge is 2.31. The van der Waals surface area contributed by atoms with Crippen LogP contribution < -0.4 is 4.74 Å². The highest BCUT2D eigenvalue weighted by atomic mass is 16.5. The Balaban J connectivity index is 1.92. The first kappa shape index (κ1) is 17.3. The van der Waals surface area contributed by atoms with Crippen LogP contribution in [0.2, 0.25) is 0 Å². The molecule has 0 bridgehead atoms. The smallest absolute Gasteiger partial charge is 0.227 e. The fraction of sp³-hybridized carbons (Fsp3) is 0.556. The lowest BCUT2D eigenvalue weighted by molar-refractivity contribution is -0.142. The molecule has 0 radical (unpaired) electrons. The van der Waals surface area contributed by atoms with Gasteiger partial charge in [0.2, 0.25) is 11.8 Å². The molecule has 2 amide bonds. The van der Waals surface area contributed by atoms with Crippen molar-refractivity contribution in [3.63, 3.8) is 0 Å². The highest BCUT2D eigenvalue weighted by molar-refractivity contribution is 5.83. The second kappa shape index (κ2) is 7.99. The molecule has 1 aliphatic rings. The fourth-order valence-electron chi connectivity index (χ4n) is 2.86. The third-order valence-corrected chi connectivity index (χ3v) is 4.53. The standard InChI is InChI=1S/C18H26N2O3/c1-4-19(2)18(22)15-7-10-17(21)20(13-15)12-11-14-5-8-16(23-3)9-6-14/h5-6,8-9,15H,4,7,10-13H2,1-3H3. The largest absolute Gasteiger partial charge is 0.497 e. The number of ether oxygens (including phenoxy) is 1. The van der Waals surface area contributed by atoms with E-state index in [1.54, 1.807) is 12.0 Å². The normalized spacial score (nSPS) is 18.0. The first-order valence-corrected chi connectivity index (χ1v) is 8.20. The van der Waals surface area contributed by atoms with E-state index in [1.807, 2.05) is 43.1 Å². The van der Waals surface area contributed by atoms with E-state index in [1.165, 1.54) is 0 Å². The lowest BCUT2D eigenvalue weighted by Gasteiger charge is -2.33. The Morgan fingerprint density at radius 2 is 2.04 bits per heavy atom. The predicted molar refractivity (Wildman–Crippen MR) is 89.3 cm³/mol.